The van der Waals surface area contributed by atoms with Gasteiger partial charge in [0.05, 0.1) is 42.0 Å². The van der Waals surface area contributed by atoms with Gasteiger partial charge in [0.15, 0.2) is 0 Å². The van der Waals surface area contributed by atoms with Gasteiger partial charge in [0.1, 0.15) is 5.69 Å². The van der Waals surface area contributed by atoms with Crippen LogP contribution in [0.1, 0.15) is 46.5 Å². The summed E-state index contributed by atoms with van der Waals surface area (Å²) in [4.78, 5) is 27.0. The van der Waals surface area contributed by atoms with E-state index in [0.717, 1.165) is 40.7 Å². The molecule has 1 aromatic carbocycles. The zero-order valence-corrected chi connectivity index (χ0v) is 22.7. The Kier molecular flexibility index (Phi) is 6.74. The minimum Gasteiger partial charge on any atom is -0.377 e. The number of pyridine rings is 1. The summed E-state index contributed by atoms with van der Waals surface area (Å²) in [5, 5.41) is 4.52. The van der Waals surface area contributed by atoms with Gasteiger partial charge in [-0.2, -0.15) is 0 Å². The third-order valence-electron chi connectivity index (χ3n) is 7.96. The van der Waals surface area contributed by atoms with Gasteiger partial charge in [-0.1, -0.05) is 48.7 Å². The molecule has 2 atom stereocenters. The first-order valence-electron chi connectivity index (χ1n) is 13.5. The summed E-state index contributed by atoms with van der Waals surface area (Å²) in [5.41, 5.74) is 3.87. The first-order chi connectivity index (χ1) is 18.4. The molecule has 1 saturated carbocycles. The van der Waals surface area contributed by atoms with Crippen LogP contribution in [0.5, 0.6) is 0 Å². The Labute approximate surface area is 226 Å². The Morgan fingerprint density at radius 3 is 2.50 bits per heavy atom. The van der Waals surface area contributed by atoms with Crippen LogP contribution in [0.15, 0.2) is 39.6 Å². The molecule has 0 unspecified atom stereocenters. The van der Waals surface area contributed by atoms with Crippen LogP contribution in [0.4, 0.5) is 5.95 Å². The first kappa shape index (κ1) is 25.1. The summed E-state index contributed by atoms with van der Waals surface area (Å²) in [6.07, 6.45) is 4.90. The second-order valence-corrected chi connectivity index (χ2v) is 11.4. The lowest BCUT2D eigenvalue weighted by atomic mass is 9.83. The summed E-state index contributed by atoms with van der Waals surface area (Å²) in [7, 11) is 0. The molecular weight excluding hydrogens is 504 g/mol. The van der Waals surface area contributed by atoms with Crippen molar-refractivity contribution < 1.29 is 9.26 Å². The van der Waals surface area contributed by atoms with E-state index in [9.17, 15) is 4.79 Å². The van der Waals surface area contributed by atoms with Crippen molar-refractivity contribution in [3.05, 3.63) is 45.9 Å². The summed E-state index contributed by atoms with van der Waals surface area (Å²) in [6.45, 7) is 8.89. The van der Waals surface area contributed by atoms with Crippen molar-refractivity contribution >= 4 is 28.6 Å². The van der Waals surface area contributed by atoms with Crippen LogP contribution in [0.25, 0.3) is 33.8 Å². The summed E-state index contributed by atoms with van der Waals surface area (Å²) < 4.78 is 13.0. The molecule has 0 bridgehead atoms. The number of benzene rings is 1. The third-order valence-corrected chi connectivity index (χ3v) is 8.20. The number of ether oxygens (including phenoxy) is 1. The molecular formula is C28H33ClN6O3. The van der Waals surface area contributed by atoms with E-state index in [-0.39, 0.29) is 17.9 Å². The van der Waals surface area contributed by atoms with Gasteiger partial charge in [-0.25, -0.2) is 14.8 Å². The topological polar surface area (TPSA) is 102 Å². The number of rotatable bonds is 5. The predicted molar refractivity (Wildman–Crippen MR) is 147 cm³/mol. The number of aromatic amines is 1. The van der Waals surface area contributed by atoms with Crippen molar-refractivity contribution in [2.45, 2.75) is 65.1 Å². The first-order valence-corrected chi connectivity index (χ1v) is 13.8. The molecule has 1 aliphatic heterocycles. The van der Waals surface area contributed by atoms with E-state index in [2.05, 4.69) is 40.4 Å². The average Bonchev–Trinajstić information content (AvgIpc) is 3.48. The number of morpholine rings is 1. The molecule has 200 valence electrons. The number of fused-ring (bicyclic) bond motifs is 1. The molecule has 1 N–H and O–H groups in total. The molecule has 0 radical (unpaired) electrons. The van der Waals surface area contributed by atoms with E-state index in [1.165, 1.54) is 25.7 Å². The molecule has 4 aromatic rings. The smallest absolute Gasteiger partial charge is 0.377 e. The van der Waals surface area contributed by atoms with Crippen LogP contribution < -0.4 is 10.7 Å². The van der Waals surface area contributed by atoms with Crippen LogP contribution in [0, 0.1) is 11.8 Å². The van der Waals surface area contributed by atoms with Crippen molar-refractivity contribution in [1.29, 1.82) is 0 Å². The molecule has 2 fully saturated rings. The van der Waals surface area contributed by atoms with E-state index in [1.807, 2.05) is 30.3 Å². The van der Waals surface area contributed by atoms with Crippen molar-refractivity contribution in [2.24, 2.45) is 11.8 Å². The van der Waals surface area contributed by atoms with Gasteiger partial charge >= 0.3 is 5.76 Å². The lowest BCUT2D eigenvalue weighted by Gasteiger charge is -2.40. The second-order valence-electron chi connectivity index (χ2n) is 11.0. The number of imidazole rings is 1. The summed E-state index contributed by atoms with van der Waals surface area (Å²) in [5.74, 6) is 1.91. The largest absolute Gasteiger partial charge is 0.439 e. The highest BCUT2D eigenvalue weighted by atomic mass is 35.5. The predicted octanol–water partition coefficient (Wildman–Crippen LogP) is 5.53. The third kappa shape index (κ3) is 4.73. The van der Waals surface area contributed by atoms with Crippen molar-refractivity contribution in [1.82, 2.24) is 24.7 Å². The van der Waals surface area contributed by atoms with Gasteiger partial charge in [0, 0.05) is 17.1 Å². The van der Waals surface area contributed by atoms with E-state index >= 15 is 0 Å². The monoisotopic (exact) mass is 536 g/mol. The minimum absolute atomic E-state index is 0.176. The Morgan fingerprint density at radius 2 is 1.82 bits per heavy atom. The molecule has 1 saturated heterocycles. The maximum atomic E-state index is 11.7. The fraction of sp³-hybridized carbons (Fsp3) is 0.500. The number of anilines is 1. The second kappa shape index (κ2) is 10.2. The normalized spacial score (nSPS) is 24.3. The van der Waals surface area contributed by atoms with E-state index in [1.54, 1.807) is 0 Å². The van der Waals surface area contributed by atoms with Crippen molar-refractivity contribution in [3.8, 4) is 22.8 Å². The lowest BCUT2D eigenvalue weighted by Crippen LogP contribution is -2.51. The molecule has 3 aromatic heterocycles. The number of aromatic nitrogens is 5. The fourth-order valence-electron chi connectivity index (χ4n) is 5.98. The molecule has 10 heteroatoms. The van der Waals surface area contributed by atoms with Gasteiger partial charge in [0.2, 0.25) is 11.8 Å². The lowest BCUT2D eigenvalue weighted by molar-refractivity contribution is 0.0741. The molecule has 0 amide bonds. The molecule has 9 nitrogen and oxygen atoms in total. The fourth-order valence-corrected chi connectivity index (χ4v) is 6.17. The molecule has 2 aliphatic rings. The highest BCUT2D eigenvalue weighted by Crippen LogP contribution is 2.38. The number of H-pyrrole nitrogens is 1. The highest BCUT2D eigenvalue weighted by molar-refractivity contribution is 6.30. The number of halogens is 1. The highest BCUT2D eigenvalue weighted by Gasteiger charge is 2.32. The SMILES string of the molecule is C[C@@H]1COC[C@@H](C)N1c1nc2cc(-c3noc(=O)[nH]3)nc(-c3cccc(Cl)c3)c2n1C[C@H]1CC[C@H](C)CC1. The van der Waals surface area contributed by atoms with Gasteiger partial charge in [0.25, 0.3) is 0 Å². The zero-order valence-electron chi connectivity index (χ0n) is 22.0. The van der Waals surface area contributed by atoms with Crippen molar-refractivity contribution in [2.75, 3.05) is 18.1 Å². The van der Waals surface area contributed by atoms with Crippen LogP contribution in [-0.2, 0) is 11.3 Å². The number of hydrogen-bond donors (Lipinski definition) is 1. The number of nitrogens with one attached hydrogen (secondary N) is 1. The van der Waals surface area contributed by atoms with Crippen molar-refractivity contribution in [3.63, 3.8) is 0 Å². The van der Waals surface area contributed by atoms with Gasteiger partial charge in [-0.05, 0) is 56.7 Å². The Balaban J connectivity index is 1.59. The van der Waals surface area contributed by atoms with Crippen LogP contribution in [-0.4, -0.2) is 50.0 Å². The van der Waals surface area contributed by atoms with Gasteiger partial charge in [-0.15, -0.1) is 0 Å². The Bertz CT molecular complexity index is 1490. The Morgan fingerprint density at radius 1 is 1.05 bits per heavy atom. The zero-order chi connectivity index (χ0) is 26.4. The number of nitrogens with zero attached hydrogens (tertiary/aromatic N) is 5. The molecule has 1 aliphatic carbocycles. The van der Waals surface area contributed by atoms with Crippen LogP contribution in [0.3, 0.4) is 0 Å². The van der Waals surface area contributed by atoms with E-state index < -0.39 is 5.76 Å². The van der Waals surface area contributed by atoms with Gasteiger partial charge < -0.3 is 14.2 Å². The molecule has 6 rings (SSSR count). The summed E-state index contributed by atoms with van der Waals surface area (Å²) >= 11 is 6.43. The standard InChI is InChI=1S/C28H33ClN6O3/c1-16-7-9-19(10-8-16)13-34-25-22(31-27(34)35-17(2)14-37-15-18(35)3)12-23(26-32-28(36)38-33-26)30-24(25)20-5-4-6-21(29)11-20/h4-6,11-12,16-19H,7-10,13-15H2,1-3H3,(H,32,33,36)/t16-,17-,18-,19-/m1/s1. The maximum Gasteiger partial charge on any atom is 0.439 e. The van der Waals surface area contributed by atoms with Gasteiger partial charge in [-0.3, -0.25) is 9.51 Å². The van der Waals surface area contributed by atoms with E-state index in [4.69, 9.17) is 30.8 Å². The molecule has 0 spiro atoms. The molecule has 38 heavy (non-hydrogen) atoms. The number of hydrogen-bond acceptors (Lipinski definition) is 7. The van der Waals surface area contributed by atoms with Crippen LogP contribution in [0.2, 0.25) is 5.02 Å². The average molecular weight is 537 g/mol. The van der Waals surface area contributed by atoms with E-state index in [0.29, 0.717) is 29.8 Å². The Hall–Kier alpha value is -3.17. The quantitative estimate of drug-likeness (QED) is 0.357. The minimum atomic E-state index is -0.625. The van der Waals surface area contributed by atoms with Crippen LogP contribution >= 0.6 is 11.6 Å². The summed E-state index contributed by atoms with van der Waals surface area (Å²) in [6, 6.07) is 9.93. The maximum absolute atomic E-state index is 11.7. The molecule has 4 heterocycles.